The summed E-state index contributed by atoms with van der Waals surface area (Å²) in [5.41, 5.74) is 0.585. The van der Waals surface area contributed by atoms with E-state index in [9.17, 15) is 4.79 Å². The molecule has 15 heavy (non-hydrogen) atoms. The van der Waals surface area contributed by atoms with E-state index in [0.717, 1.165) is 12.2 Å². The van der Waals surface area contributed by atoms with Gasteiger partial charge in [0.1, 0.15) is 5.82 Å². The Kier molecular flexibility index (Phi) is 2.30. The molecule has 0 saturated carbocycles. The van der Waals surface area contributed by atoms with Gasteiger partial charge in [-0.25, -0.2) is 4.98 Å². The maximum atomic E-state index is 11.6. The molecule has 0 bridgehead atoms. The fourth-order valence-electron chi connectivity index (χ4n) is 1.42. The first-order chi connectivity index (χ1) is 7.11. The van der Waals surface area contributed by atoms with Crippen molar-refractivity contribution >= 4 is 5.78 Å². The monoisotopic (exact) mass is 206 g/mol. The lowest BCUT2D eigenvalue weighted by Gasteiger charge is -2.00. The minimum Gasteiger partial charge on any atom is -0.275 e. The predicted octanol–water partition coefficient (Wildman–Crippen LogP) is 1.24. The van der Waals surface area contributed by atoms with Crippen molar-refractivity contribution in [3.63, 3.8) is 0 Å². The average Bonchev–Trinajstić information content (AvgIpc) is 2.60. The number of hydrogen-bond donors (Lipinski definition) is 1. The molecule has 0 aliphatic rings. The lowest BCUT2D eigenvalue weighted by Crippen LogP contribution is -2.14. The van der Waals surface area contributed by atoms with Gasteiger partial charge in [-0.3, -0.25) is 9.89 Å². The van der Waals surface area contributed by atoms with Gasteiger partial charge in [-0.05, 0) is 13.3 Å². The predicted molar refractivity (Wildman–Crippen MR) is 57.1 cm³/mol. The minimum atomic E-state index is -0.112. The fourth-order valence-corrected chi connectivity index (χ4v) is 1.42. The third-order valence-corrected chi connectivity index (χ3v) is 2.56. The SMILES string of the molecule is CCC(C)c1nc2nc(C)cc(=O)n2[nH]1. The van der Waals surface area contributed by atoms with Crippen LogP contribution < -0.4 is 5.56 Å². The molecule has 2 heterocycles. The Labute approximate surface area is 87.2 Å². The molecule has 0 radical (unpaired) electrons. The quantitative estimate of drug-likeness (QED) is 0.804. The van der Waals surface area contributed by atoms with Crippen LogP contribution in [0.5, 0.6) is 0 Å². The lowest BCUT2D eigenvalue weighted by molar-refractivity contribution is 0.674. The number of aryl methyl sites for hydroxylation is 1. The molecular weight excluding hydrogens is 192 g/mol. The van der Waals surface area contributed by atoms with Crippen molar-refractivity contribution in [3.05, 3.63) is 27.9 Å². The van der Waals surface area contributed by atoms with Gasteiger partial charge in [0.15, 0.2) is 0 Å². The van der Waals surface area contributed by atoms with E-state index < -0.39 is 0 Å². The first-order valence-electron chi connectivity index (χ1n) is 5.08. The Morgan fingerprint density at radius 2 is 2.27 bits per heavy atom. The molecule has 2 aromatic heterocycles. The summed E-state index contributed by atoms with van der Waals surface area (Å²) in [6, 6.07) is 1.49. The molecule has 0 spiro atoms. The number of aromatic nitrogens is 4. The van der Waals surface area contributed by atoms with Gasteiger partial charge in [0.25, 0.3) is 11.3 Å². The zero-order valence-corrected chi connectivity index (χ0v) is 9.11. The number of hydrogen-bond acceptors (Lipinski definition) is 3. The summed E-state index contributed by atoms with van der Waals surface area (Å²) in [6.45, 7) is 5.94. The number of aromatic amines is 1. The topological polar surface area (TPSA) is 63.1 Å². The van der Waals surface area contributed by atoms with Crippen LogP contribution in [0.15, 0.2) is 10.9 Å². The van der Waals surface area contributed by atoms with Crippen molar-refractivity contribution in [3.8, 4) is 0 Å². The van der Waals surface area contributed by atoms with Crippen LogP contribution in [0.25, 0.3) is 5.78 Å². The van der Waals surface area contributed by atoms with Crippen molar-refractivity contribution in [1.82, 2.24) is 19.6 Å². The lowest BCUT2D eigenvalue weighted by atomic mass is 10.1. The standard InChI is InChI=1S/C10H14N4O/c1-4-6(2)9-12-10-11-7(3)5-8(15)14(10)13-9/h5-6H,4H2,1-3H3,(H,11,12,13). The highest BCUT2D eigenvalue weighted by atomic mass is 16.1. The van der Waals surface area contributed by atoms with E-state index in [-0.39, 0.29) is 5.56 Å². The molecule has 1 atom stereocenters. The molecule has 0 saturated heterocycles. The molecule has 0 amide bonds. The average molecular weight is 206 g/mol. The summed E-state index contributed by atoms with van der Waals surface area (Å²) >= 11 is 0. The van der Waals surface area contributed by atoms with Crippen LogP contribution in [-0.2, 0) is 0 Å². The Balaban J connectivity index is 2.65. The molecule has 2 rings (SSSR count). The summed E-state index contributed by atoms with van der Waals surface area (Å²) in [7, 11) is 0. The highest BCUT2D eigenvalue weighted by molar-refractivity contribution is 5.28. The first-order valence-corrected chi connectivity index (χ1v) is 5.08. The van der Waals surface area contributed by atoms with Gasteiger partial charge in [0.2, 0.25) is 0 Å². The third-order valence-electron chi connectivity index (χ3n) is 2.56. The number of fused-ring (bicyclic) bond motifs is 1. The molecule has 0 aliphatic heterocycles. The summed E-state index contributed by atoms with van der Waals surface area (Å²) in [6.07, 6.45) is 0.980. The van der Waals surface area contributed by atoms with Crippen LogP contribution in [0.4, 0.5) is 0 Å². The number of nitrogens with one attached hydrogen (secondary N) is 1. The molecular formula is C10H14N4O. The smallest absolute Gasteiger partial charge is 0.274 e. The minimum absolute atomic E-state index is 0.112. The van der Waals surface area contributed by atoms with Crippen molar-refractivity contribution in [2.75, 3.05) is 0 Å². The van der Waals surface area contributed by atoms with Crippen LogP contribution in [0.1, 0.15) is 37.7 Å². The molecule has 2 aromatic rings. The van der Waals surface area contributed by atoms with Gasteiger partial charge in [0, 0.05) is 17.7 Å². The number of H-pyrrole nitrogens is 1. The first kappa shape index (κ1) is 9.89. The van der Waals surface area contributed by atoms with Crippen molar-refractivity contribution in [2.24, 2.45) is 0 Å². The zero-order chi connectivity index (χ0) is 11.0. The third kappa shape index (κ3) is 1.65. The Hall–Kier alpha value is -1.65. The van der Waals surface area contributed by atoms with Crippen molar-refractivity contribution < 1.29 is 0 Å². The molecule has 80 valence electrons. The van der Waals surface area contributed by atoms with Crippen LogP contribution in [0.3, 0.4) is 0 Å². The van der Waals surface area contributed by atoms with Gasteiger partial charge < -0.3 is 0 Å². The maximum Gasteiger partial charge on any atom is 0.274 e. The van der Waals surface area contributed by atoms with Crippen molar-refractivity contribution in [2.45, 2.75) is 33.1 Å². The van der Waals surface area contributed by atoms with E-state index in [4.69, 9.17) is 0 Å². The van der Waals surface area contributed by atoms with E-state index in [1.807, 2.05) is 0 Å². The second-order valence-corrected chi connectivity index (χ2v) is 3.79. The largest absolute Gasteiger partial charge is 0.275 e. The second-order valence-electron chi connectivity index (χ2n) is 3.79. The zero-order valence-electron chi connectivity index (χ0n) is 9.11. The maximum absolute atomic E-state index is 11.6. The van der Waals surface area contributed by atoms with Crippen LogP contribution >= 0.6 is 0 Å². The van der Waals surface area contributed by atoms with Gasteiger partial charge in [0.05, 0.1) is 0 Å². The van der Waals surface area contributed by atoms with E-state index in [1.54, 1.807) is 6.92 Å². The summed E-state index contributed by atoms with van der Waals surface area (Å²) in [5, 5.41) is 2.97. The van der Waals surface area contributed by atoms with Crippen LogP contribution in [-0.4, -0.2) is 19.6 Å². The van der Waals surface area contributed by atoms with E-state index in [2.05, 4.69) is 28.9 Å². The van der Waals surface area contributed by atoms with E-state index >= 15 is 0 Å². The Bertz CT molecular complexity index is 540. The molecule has 0 aromatic carbocycles. The van der Waals surface area contributed by atoms with Gasteiger partial charge in [-0.2, -0.15) is 9.50 Å². The van der Waals surface area contributed by atoms with Crippen LogP contribution in [0, 0.1) is 6.92 Å². The van der Waals surface area contributed by atoms with E-state index in [0.29, 0.717) is 17.4 Å². The molecule has 0 aliphatic carbocycles. The highest BCUT2D eigenvalue weighted by Crippen LogP contribution is 2.13. The van der Waals surface area contributed by atoms with Gasteiger partial charge >= 0.3 is 0 Å². The normalized spacial score (nSPS) is 13.3. The molecule has 1 unspecified atom stereocenters. The van der Waals surface area contributed by atoms with Gasteiger partial charge in [-0.1, -0.05) is 13.8 Å². The highest BCUT2D eigenvalue weighted by Gasteiger charge is 2.10. The van der Waals surface area contributed by atoms with Gasteiger partial charge in [-0.15, -0.1) is 0 Å². The Morgan fingerprint density at radius 3 is 2.93 bits per heavy atom. The second kappa shape index (κ2) is 3.49. The molecule has 0 fully saturated rings. The molecule has 1 N–H and O–H groups in total. The number of rotatable bonds is 2. The molecule has 5 nitrogen and oxygen atoms in total. The molecule has 5 heteroatoms. The van der Waals surface area contributed by atoms with Crippen LogP contribution in [0.2, 0.25) is 0 Å². The Morgan fingerprint density at radius 1 is 1.53 bits per heavy atom. The van der Waals surface area contributed by atoms with E-state index in [1.165, 1.54) is 10.6 Å². The summed E-state index contributed by atoms with van der Waals surface area (Å²) < 4.78 is 1.38. The number of nitrogens with zero attached hydrogens (tertiary/aromatic N) is 3. The fraction of sp³-hybridized carbons (Fsp3) is 0.500. The summed E-state index contributed by atoms with van der Waals surface area (Å²) in [5.74, 6) is 1.58. The summed E-state index contributed by atoms with van der Waals surface area (Å²) in [4.78, 5) is 20.1. The van der Waals surface area contributed by atoms with Crippen molar-refractivity contribution in [1.29, 1.82) is 0 Å².